The van der Waals surface area contributed by atoms with E-state index in [9.17, 15) is 14.0 Å². The van der Waals surface area contributed by atoms with Crippen molar-refractivity contribution in [2.45, 2.75) is 24.2 Å². The van der Waals surface area contributed by atoms with Gasteiger partial charge in [0.05, 0.1) is 33.8 Å². The largest absolute Gasteiger partial charge is 0.344 e. The van der Waals surface area contributed by atoms with Crippen LogP contribution in [-0.4, -0.2) is 43.1 Å². The maximum absolute atomic E-state index is 13.5. The second-order valence-corrected chi connectivity index (χ2v) is 10.8. The van der Waals surface area contributed by atoms with Gasteiger partial charge in [-0.15, -0.1) is 32.9 Å². The van der Waals surface area contributed by atoms with Gasteiger partial charge in [-0.3, -0.25) is 9.59 Å². The molecular weight excluding hydrogens is 520 g/mol. The van der Waals surface area contributed by atoms with Crippen LogP contribution in [0.3, 0.4) is 0 Å². The predicted octanol–water partition coefficient (Wildman–Crippen LogP) is 4.48. The number of aromatic nitrogens is 3. The molecule has 1 N–H and O–H groups in total. The molecule has 5 rings (SSSR count). The van der Waals surface area contributed by atoms with Crippen molar-refractivity contribution in [3.8, 4) is 0 Å². The van der Waals surface area contributed by atoms with Gasteiger partial charge < -0.3 is 9.88 Å². The standard InChI is InChI=1S/C24H21FN6O2S3/c1-30-21(13-26-23(33)20-5-3-11-35-20)27-28-24(30)36-14-22(32)31-18(15-6-8-16(25)9-7-15)12-17(29-31)19-4-2-10-34-19/h2-11,18H,12-14H2,1H3,(H,26,33)/t18-/m1/s1. The Bertz CT molecular complexity index is 1380. The predicted molar refractivity (Wildman–Crippen MR) is 139 cm³/mol. The van der Waals surface area contributed by atoms with E-state index in [4.69, 9.17) is 0 Å². The Morgan fingerprint density at radius 1 is 1.11 bits per heavy atom. The van der Waals surface area contributed by atoms with E-state index in [2.05, 4.69) is 20.6 Å². The topological polar surface area (TPSA) is 92.5 Å². The summed E-state index contributed by atoms with van der Waals surface area (Å²) in [7, 11) is 1.80. The summed E-state index contributed by atoms with van der Waals surface area (Å²) in [6.07, 6.45) is 0.556. The maximum Gasteiger partial charge on any atom is 0.261 e. The molecule has 4 heterocycles. The molecule has 0 spiro atoms. The highest BCUT2D eigenvalue weighted by atomic mass is 32.2. The third-order valence-electron chi connectivity index (χ3n) is 5.63. The molecule has 184 valence electrons. The molecule has 0 saturated carbocycles. The molecule has 1 aromatic carbocycles. The van der Waals surface area contributed by atoms with E-state index in [0.717, 1.165) is 16.2 Å². The number of rotatable bonds is 8. The molecule has 4 aromatic rings. The molecule has 1 aliphatic rings. The molecular formula is C24H21FN6O2S3. The quantitative estimate of drug-likeness (QED) is 0.333. The highest BCUT2D eigenvalue weighted by Crippen LogP contribution is 2.34. The van der Waals surface area contributed by atoms with Gasteiger partial charge in [0.1, 0.15) is 5.82 Å². The van der Waals surface area contributed by atoms with E-state index < -0.39 is 0 Å². The van der Waals surface area contributed by atoms with Crippen molar-refractivity contribution in [2.24, 2.45) is 12.1 Å². The van der Waals surface area contributed by atoms with Crippen molar-refractivity contribution in [3.63, 3.8) is 0 Å². The molecule has 12 heteroatoms. The molecule has 0 bridgehead atoms. The van der Waals surface area contributed by atoms with E-state index in [1.54, 1.807) is 41.2 Å². The van der Waals surface area contributed by atoms with Gasteiger partial charge in [-0.05, 0) is 40.6 Å². The molecule has 1 atom stereocenters. The lowest BCUT2D eigenvalue weighted by atomic mass is 10.0. The number of thiophene rings is 2. The fraction of sp³-hybridized carbons (Fsp3) is 0.208. The average Bonchev–Trinajstić information content (AvgIpc) is 3.69. The summed E-state index contributed by atoms with van der Waals surface area (Å²) in [6, 6.07) is 13.4. The van der Waals surface area contributed by atoms with E-state index >= 15 is 0 Å². The van der Waals surface area contributed by atoms with Crippen LogP contribution in [0.5, 0.6) is 0 Å². The van der Waals surface area contributed by atoms with Crippen LogP contribution in [-0.2, 0) is 18.4 Å². The number of hydrazone groups is 1. The molecule has 0 aliphatic carbocycles. The first kappa shape index (κ1) is 24.3. The zero-order valence-electron chi connectivity index (χ0n) is 19.1. The first-order valence-electron chi connectivity index (χ1n) is 11.0. The first-order valence-corrected chi connectivity index (χ1v) is 13.8. The lowest BCUT2D eigenvalue weighted by Crippen LogP contribution is -2.28. The van der Waals surface area contributed by atoms with Gasteiger partial charge in [-0.25, -0.2) is 9.40 Å². The van der Waals surface area contributed by atoms with Crippen LogP contribution in [0.4, 0.5) is 4.39 Å². The zero-order valence-corrected chi connectivity index (χ0v) is 21.6. The number of nitrogens with zero attached hydrogens (tertiary/aromatic N) is 5. The summed E-state index contributed by atoms with van der Waals surface area (Å²) in [5.74, 6) is 0.00782. The molecule has 1 aliphatic heterocycles. The minimum absolute atomic E-state index is 0.104. The second-order valence-electron chi connectivity index (χ2n) is 7.94. The molecule has 0 fully saturated rings. The molecule has 0 saturated heterocycles. The van der Waals surface area contributed by atoms with Crippen molar-refractivity contribution >= 4 is 52.0 Å². The van der Waals surface area contributed by atoms with Crippen LogP contribution in [0.15, 0.2) is 69.5 Å². The number of benzene rings is 1. The van der Waals surface area contributed by atoms with Crippen LogP contribution in [0.2, 0.25) is 0 Å². The average molecular weight is 541 g/mol. The SMILES string of the molecule is Cn1c(CNC(=O)c2cccs2)nnc1SCC(=O)N1N=C(c2cccs2)C[C@@H]1c1ccc(F)cc1. The van der Waals surface area contributed by atoms with Crippen LogP contribution < -0.4 is 5.32 Å². The van der Waals surface area contributed by atoms with Gasteiger partial charge in [-0.2, -0.15) is 5.10 Å². The van der Waals surface area contributed by atoms with Crippen LogP contribution in [0.25, 0.3) is 0 Å². The summed E-state index contributed by atoms with van der Waals surface area (Å²) < 4.78 is 15.3. The van der Waals surface area contributed by atoms with Crippen molar-refractivity contribution in [3.05, 3.63) is 86.3 Å². The number of carbonyl (C=O) groups is 2. The Labute approximate surface area is 218 Å². The van der Waals surface area contributed by atoms with E-state index in [0.29, 0.717) is 22.3 Å². The summed E-state index contributed by atoms with van der Waals surface area (Å²) >= 11 is 4.19. The van der Waals surface area contributed by atoms with E-state index in [1.807, 2.05) is 29.0 Å². The molecule has 8 nitrogen and oxygen atoms in total. The normalized spacial score (nSPS) is 15.2. The Hall–Kier alpha value is -3.35. The number of thioether (sulfide) groups is 1. The number of hydrogen-bond donors (Lipinski definition) is 1. The minimum Gasteiger partial charge on any atom is -0.344 e. The van der Waals surface area contributed by atoms with Crippen molar-refractivity contribution in [1.29, 1.82) is 0 Å². The monoisotopic (exact) mass is 540 g/mol. The fourth-order valence-corrected chi connectivity index (χ4v) is 5.89. The lowest BCUT2D eigenvalue weighted by molar-refractivity contribution is -0.130. The molecule has 3 aromatic heterocycles. The Morgan fingerprint density at radius 2 is 1.89 bits per heavy atom. The fourth-order valence-electron chi connectivity index (χ4n) is 3.75. The highest BCUT2D eigenvalue weighted by molar-refractivity contribution is 7.99. The number of amides is 2. The lowest BCUT2D eigenvalue weighted by Gasteiger charge is -2.21. The van der Waals surface area contributed by atoms with Gasteiger partial charge >= 0.3 is 0 Å². The minimum atomic E-state index is -0.325. The number of nitrogens with one attached hydrogen (secondary N) is 1. The Balaban J connectivity index is 1.26. The van der Waals surface area contributed by atoms with Gasteiger partial charge in [0.15, 0.2) is 11.0 Å². The van der Waals surface area contributed by atoms with Crippen molar-refractivity contribution < 1.29 is 14.0 Å². The van der Waals surface area contributed by atoms with Crippen LogP contribution >= 0.6 is 34.4 Å². The summed E-state index contributed by atoms with van der Waals surface area (Å²) in [5.41, 5.74) is 1.66. The molecule has 2 amide bonds. The summed E-state index contributed by atoms with van der Waals surface area (Å²) in [4.78, 5) is 27.1. The molecule has 36 heavy (non-hydrogen) atoms. The third-order valence-corrected chi connectivity index (χ3v) is 8.42. The van der Waals surface area contributed by atoms with Gasteiger partial charge in [0.25, 0.3) is 11.8 Å². The molecule has 0 unspecified atom stereocenters. The zero-order chi connectivity index (χ0) is 25.1. The van der Waals surface area contributed by atoms with Gasteiger partial charge in [-0.1, -0.05) is 36.0 Å². The van der Waals surface area contributed by atoms with E-state index in [1.165, 1.54) is 40.2 Å². The van der Waals surface area contributed by atoms with Gasteiger partial charge in [0, 0.05) is 13.5 Å². The number of halogens is 1. The Morgan fingerprint density at radius 3 is 2.61 bits per heavy atom. The summed E-state index contributed by atoms with van der Waals surface area (Å²) in [6.45, 7) is 0.224. The Kier molecular flexibility index (Phi) is 7.25. The highest BCUT2D eigenvalue weighted by Gasteiger charge is 2.33. The van der Waals surface area contributed by atoms with Crippen LogP contribution in [0.1, 0.15) is 38.4 Å². The summed E-state index contributed by atoms with van der Waals surface area (Å²) in [5, 5.41) is 21.7. The number of carbonyl (C=O) groups excluding carboxylic acids is 2. The molecule has 0 radical (unpaired) electrons. The van der Waals surface area contributed by atoms with Crippen molar-refractivity contribution in [2.75, 3.05) is 5.75 Å². The first-order chi connectivity index (χ1) is 17.5. The third kappa shape index (κ3) is 5.25. The number of hydrogen-bond acceptors (Lipinski definition) is 8. The van der Waals surface area contributed by atoms with Crippen molar-refractivity contribution in [1.82, 2.24) is 25.1 Å². The maximum atomic E-state index is 13.5. The smallest absolute Gasteiger partial charge is 0.261 e. The van der Waals surface area contributed by atoms with Gasteiger partial charge in [0.2, 0.25) is 0 Å². The van der Waals surface area contributed by atoms with Crippen LogP contribution in [0, 0.1) is 5.82 Å². The van der Waals surface area contributed by atoms with E-state index in [-0.39, 0.29) is 36.0 Å². The second kappa shape index (κ2) is 10.7.